The van der Waals surface area contributed by atoms with Crippen LogP contribution in [0.4, 0.5) is 0 Å². The fourth-order valence-corrected chi connectivity index (χ4v) is 7.73. The van der Waals surface area contributed by atoms with Crippen LogP contribution >= 0.6 is 0 Å². The number of allylic oxidation sites excluding steroid dienone is 2. The molecule has 3 saturated carbocycles. The van der Waals surface area contributed by atoms with E-state index >= 15 is 0 Å². The molecule has 4 aliphatic carbocycles. The summed E-state index contributed by atoms with van der Waals surface area (Å²) in [6.45, 7) is 12.9. The van der Waals surface area contributed by atoms with Gasteiger partial charge in [0.25, 0.3) is 0 Å². The van der Waals surface area contributed by atoms with Crippen molar-refractivity contribution in [2.75, 3.05) is 26.2 Å². The van der Waals surface area contributed by atoms with Gasteiger partial charge in [0.2, 0.25) is 0 Å². The molecule has 31 heavy (non-hydrogen) atoms. The number of aliphatic hydroxyl groups is 1. The third-order valence-electron chi connectivity index (χ3n) is 9.94. The smallest absolute Gasteiger partial charge is 0.130 e. The van der Waals surface area contributed by atoms with Crippen molar-refractivity contribution in [1.29, 1.82) is 0 Å². The van der Waals surface area contributed by atoms with Crippen molar-refractivity contribution < 1.29 is 9.94 Å². The van der Waals surface area contributed by atoms with Gasteiger partial charge < -0.3 is 14.8 Å². The zero-order valence-electron chi connectivity index (χ0n) is 20.1. The number of hydrogen-bond donors (Lipinski definition) is 1. The second kappa shape index (κ2) is 8.56. The molecule has 172 valence electrons. The highest BCUT2D eigenvalue weighted by molar-refractivity contribution is 5.96. The van der Waals surface area contributed by atoms with Crippen LogP contribution in [0.15, 0.2) is 16.8 Å². The van der Waals surface area contributed by atoms with Gasteiger partial charge in [-0.05, 0) is 93.7 Å². The van der Waals surface area contributed by atoms with E-state index in [1.54, 1.807) is 5.57 Å². The minimum atomic E-state index is -0.908. The lowest BCUT2D eigenvalue weighted by Crippen LogP contribution is -2.54. The topological polar surface area (TPSA) is 45.1 Å². The van der Waals surface area contributed by atoms with Gasteiger partial charge in [-0.25, -0.2) is 0 Å². The second-order valence-electron chi connectivity index (χ2n) is 10.9. The second-order valence-corrected chi connectivity index (χ2v) is 10.9. The third-order valence-corrected chi connectivity index (χ3v) is 9.94. The SMILES string of the molecule is C#C[C@]1(O)CC[C@H]2[C@@H]3CCC4=CC(=NOCCN(CC)CC)CC[C@]4(C)[C@H]3CC[C@@]21C. The predicted octanol–water partition coefficient (Wildman–Crippen LogP) is 5.03. The van der Waals surface area contributed by atoms with E-state index in [4.69, 9.17) is 11.3 Å². The average molecular weight is 427 g/mol. The van der Waals surface area contributed by atoms with E-state index in [9.17, 15) is 5.11 Å². The van der Waals surface area contributed by atoms with E-state index in [2.05, 4.69) is 49.7 Å². The van der Waals surface area contributed by atoms with Crippen LogP contribution in [0.3, 0.4) is 0 Å². The molecule has 4 aliphatic rings. The van der Waals surface area contributed by atoms with Crippen LogP contribution in [0.2, 0.25) is 0 Å². The van der Waals surface area contributed by atoms with Crippen molar-refractivity contribution >= 4 is 5.71 Å². The lowest BCUT2D eigenvalue weighted by atomic mass is 9.46. The Morgan fingerprint density at radius 3 is 2.58 bits per heavy atom. The summed E-state index contributed by atoms with van der Waals surface area (Å²) < 4.78 is 0. The van der Waals surface area contributed by atoms with Crippen molar-refractivity contribution in [2.45, 2.75) is 84.7 Å². The first kappa shape index (κ1) is 22.9. The Kier molecular flexibility index (Phi) is 6.32. The zero-order valence-corrected chi connectivity index (χ0v) is 20.1. The quantitative estimate of drug-likeness (QED) is 0.368. The molecular formula is C27H42N2O2. The van der Waals surface area contributed by atoms with Gasteiger partial charge in [0.15, 0.2) is 0 Å². The summed E-state index contributed by atoms with van der Waals surface area (Å²) in [6.07, 6.45) is 16.8. The van der Waals surface area contributed by atoms with Crippen molar-refractivity contribution in [1.82, 2.24) is 4.90 Å². The van der Waals surface area contributed by atoms with Crippen molar-refractivity contribution in [3.8, 4) is 12.3 Å². The predicted molar refractivity (Wildman–Crippen MR) is 127 cm³/mol. The molecular weight excluding hydrogens is 384 g/mol. The van der Waals surface area contributed by atoms with Crippen LogP contribution in [0.25, 0.3) is 0 Å². The lowest BCUT2D eigenvalue weighted by molar-refractivity contribution is -0.0987. The summed E-state index contributed by atoms with van der Waals surface area (Å²) in [5.74, 6) is 4.75. The van der Waals surface area contributed by atoms with E-state index in [0.717, 1.165) is 57.5 Å². The Bertz CT molecular complexity index is 779. The van der Waals surface area contributed by atoms with Crippen LogP contribution in [0, 0.1) is 40.9 Å². The van der Waals surface area contributed by atoms with Gasteiger partial charge in [-0.15, -0.1) is 6.42 Å². The number of rotatable bonds is 6. The van der Waals surface area contributed by atoms with Gasteiger partial charge >= 0.3 is 0 Å². The summed E-state index contributed by atoms with van der Waals surface area (Å²) in [7, 11) is 0. The van der Waals surface area contributed by atoms with Gasteiger partial charge in [-0.2, -0.15) is 0 Å². The molecule has 0 saturated heterocycles. The Morgan fingerprint density at radius 1 is 1.13 bits per heavy atom. The normalized spacial score (nSPS) is 43.1. The standard InChI is InChI=1S/C27H42N2O2/c1-6-27(30)16-13-24-22-10-9-20-19-21(28-31-18-17-29(7-2)8-3)11-14-25(20,4)23(22)12-15-26(24,27)5/h1,19,22-24,30H,7-18H2,2-5H3/t22-,23+,24+,25+,26+,27+/m1/s1. The summed E-state index contributed by atoms with van der Waals surface area (Å²) in [4.78, 5) is 8.05. The van der Waals surface area contributed by atoms with Crippen LogP contribution in [0.5, 0.6) is 0 Å². The molecule has 4 nitrogen and oxygen atoms in total. The molecule has 0 amide bonds. The van der Waals surface area contributed by atoms with Gasteiger partial charge in [-0.1, -0.05) is 44.3 Å². The van der Waals surface area contributed by atoms with E-state index in [0.29, 0.717) is 24.4 Å². The van der Waals surface area contributed by atoms with Crippen LogP contribution in [0.1, 0.15) is 79.1 Å². The first-order valence-corrected chi connectivity index (χ1v) is 12.6. The molecule has 0 unspecified atom stereocenters. The Labute approximate surface area is 189 Å². The molecule has 4 rings (SSSR count). The summed E-state index contributed by atoms with van der Waals surface area (Å²) in [5, 5.41) is 15.7. The minimum absolute atomic E-state index is 0.111. The Morgan fingerprint density at radius 2 is 1.87 bits per heavy atom. The van der Waals surface area contributed by atoms with Crippen molar-refractivity contribution in [3.05, 3.63) is 11.6 Å². The summed E-state index contributed by atoms with van der Waals surface area (Å²) in [6, 6.07) is 0. The highest BCUT2D eigenvalue weighted by Crippen LogP contribution is 2.67. The van der Waals surface area contributed by atoms with E-state index in [1.807, 2.05) is 0 Å². The average Bonchev–Trinajstić information content (AvgIpc) is 3.05. The maximum Gasteiger partial charge on any atom is 0.130 e. The summed E-state index contributed by atoms with van der Waals surface area (Å²) in [5.41, 5.74) is 1.95. The highest BCUT2D eigenvalue weighted by Gasteiger charge is 2.63. The third kappa shape index (κ3) is 3.66. The van der Waals surface area contributed by atoms with Gasteiger partial charge in [0.1, 0.15) is 12.2 Å². The van der Waals surface area contributed by atoms with Crippen LogP contribution in [-0.4, -0.2) is 47.6 Å². The number of terminal acetylenes is 1. The molecule has 1 N–H and O–H groups in total. The maximum atomic E-state index is 11.2. The molecule has 4 heteroatoms. The molecule has 0 aromatic carbocycles. The molecule has 6 atom stereocenters. The Hall–Kier alpha value is -1.31. The van der Waals surface area contributed by atoms with Crippen molar-refractivity contribution in [3.63, 3.8) is 0 Å². The number of hydrogen-bond acceptors (Lipinski definition) is 4. The monoisotopic (exact) mass is 426 g/mol. The summed E-state index contributed by atoms with van der Waals surface area (Å²) >= 11 is 0. The zero-order chi connectivity index (χ0) is 22.3. The fourth-order valence-electron chi connectivity index (χ4n) is 7.73. The molecule has 0 aliphatic heterocycles. The number of oxime groups is 1. The molecule has 3 fully saturated rings. The minimum Gasteiger partial charge on any atom is -0.394 e. The molecule has 0 aromatic rings. The number of nitrogens with zero attached hydrogens (tertiary/aromatic N) is 2. The first-order chi connectivity index (χ1) is 14.8. The van der Waals surface area contributed by atoms with Crippen LogP contribution in [-0.2, 0) is 4.84 Å². The number of likely N-dealkylation sites (N-methyl/N-ethyl adjacent to an activating group) is 1. The van der Waals surface area contributed by atoms with Crippen LogP contribution < -0.4 is 0 Å². The molecule has 0 aromatic heterocycles. The number of fused-ring (bicyclic) bond motifs is 5. The highest BCUT2D eigenvalue weighted by atomic mass is 16.6. The van der Waals surface area contributed by atoms with Crippen molar-refractivity contribution in [2.24, 2.45) is 33.7 Å². The molecule has 0 bridgehead atoms. The van der Waals surface area contributed by atoms with E-state index < -0.39 is 5.60 Å². The molecule has 0 heterocycles. The Balaban J connectivity index is 1.46. The lowest BCUT2D eigenvalue weighted by Gasteiger charge is -2.58. The van der Waals surface area contributed by atoms with Gasteiger partial charge in [-0.3, -0.25) is 0 Å². The molecule has 0 spiro atoms. The fraction of sp³-hybridized carbons (Fsp3) is 0.815. The maximum absolute atomic E-state index is 11.2. The van der Waals surface area contributed by atoms with E-state index in [1.165, 1.54) is 19.3 Å². The molecule has 0 radical (unpaired) electrons. The van der Waals surface area contributed by atoms with Gasteiger partial charge in [0.05, 0.1) is 5.71 Å². The van der Waals surface area contributed by atoms with E-state index in [-0.39, 0.29) is 10.8 Å². The largest absolute Gasteiger partial charge is 0.394 e. The first-order valence-electron chi connectivity index (χ1n) is 12.6. The van der Waals surface area contributed by atoms with Gasteiger partial charge in [0, 0.05) is 12.0 Å².